The molecule has 2 rings (SSSR count). The van der Waals surface area contributed by atoms with Crippen LogP contribution >= 0.6 is 11.8 Å². The van der Waals surface area contributed by atoms with E-state index in [0.717, 1.165) is 10.7 Å². The SMILES string of the molecule is CC(=O)CSc1n(C)c(NC(=O)[C@@H](N)Cc2ccccc2)c[n+]1C. The lowest BCUT2D eigenvalue weighted by molar-refractivity contribution is -0.709. The van der Waals surface area contributed by atoms with Crippen molar-refractivity contribution < 1.29 is 14.2 Å². The molecule has 1 aromatic carbocycles. The van der Waals surface area contributed by atoms with Gasteiger partial charge in [0.1, 0.15) is 5.78 Å². The summed E-state index contributed by atoms with van der Waals surface area (Å²) in [6.07, 6.45) is 2.30. The van der Waals surface area contributed by atoms with Gasteiger partial charge in [0.2, 0.25) is 11.7 Å². The number of ketones is 1. The second kappa shape index (κ2) is 8.12. The minimum Gasteiger partial charge on any atom is -0.320 e. The maximum Gasteiger partial charge on any atom is 0.319 e. The van der Waals surface area contributed by atoms with Crippen LogP contribution in [0.4, 0.5) is 5.82 Å². The summed E-state index contributed by atoms with van der Waals surface area (Å²) in [7, 11) is 3.73. The third kappa shape index (κ3) is 4.69. The van der Waals surface area contributed by atoms with E-state index in [-0.39, 0.29) is 11.7 Å². The normalized spacial score (nSPS) is 12.0. The Kier molecular flexibility index (Phi) is 6.16. The Morgan fingerprint density at radius 2 is 2.00 bits per heavy atom. The highest BCUT2D eigenvalue weighted by Crippen LogP contribution is 2.18. The first-order chi connectivity index (χ1) is 11.4. The van der Waals surface area contributed by atoms with Crippen molar-refractivity contribution in [2.75, 3.05) is 11.1 Å². The molecule has 0 aliphatic heterocycles. The molecular weight excluding hydrogens is 324 g/mol. The molecule has 0 radical (unpaired) electrons. The number of amides is 1. The van der Waals surface area contributed by atoms with Gasteiger partial charge >= 0.3 is 5.16 Å². The molecule has 0 unspecified atom stereocenters. The summed E-state index contributed by atoms with van der Waals surface area (Å²) in [5.41, 5.74) is 7.04. The molecule has 0 saturated heterocycles. The Balaban J connectivity index is 2.03. The summed E-state index contributed by atoms with van der Waals surface area (Å²) in [6, 6.07) is 9.06. The minimum atomic E-state index is -0.624. The molecule has 2 aromatic rings. The van der Waals surface area contributed by atoms with Gasteiger partial charge in [-0.1, -0.05) is 30.3 Å². The van der Waals surface area contributed by atoms with Gasteiger partial charge in [-0.25, -0.2) is 9.13 Å². The summed E-state index contributed by atoms with van der Waals surface area (Å²) < 4.78 is 3.73. The van der Waals surface area contributed by atoms with Crippen LogP contribution in [0.2, 0.25) is 0 Å². The predicted molar refractivity (Wildman–Crippen MR) is 94.7 cm³/mol. The summed E-state index contributed by atoms with van der Waals surface area (Å²) in [4.78, 5) is 23.5. The molecular formula is C17H23N4O2S+. The van der Waals surface area contributed by atoms with Gasteiger partial charge in [0.15, 0.2) is 6.20 Å². The van der Waals surface area contributed by atoms with Crippen LogP contribution in [0.15, 0.2) is 41.7 Å². The standard InChI is InChI=1S/C17H22N4O2S/c1-12(22)11-24-17-20(2)10-15(21(17)3)19-16(23)14(18)9-13-7-5-4-6-8-13/h4-8,10,14H,9,11,18H2,1-3H3/p+1/t14-/m0/s1. The fourth-order valence-electron chi connectivity index (χ4n) is 2.33. The molecule has 7 heteroatoms. The van der Waals surface area contributed by atoms with E-state index in [1.807, 2.05) is 59.8 Å². The van der Waals surface area contributed by atoms with Gasteiger partial charge in [0, 0.05) is 0 Å². The van der Waals surface area contributed by atoms with Crippen LogP contribution in [-0.4, -0.2) is 28.1 Å². The Hall–Kier alpha value is -2.12. The van der Waals surface area contributed by atoms with Crippen molar-refractivity contribution in [1.29, 1.82) is 0 Å². The van der Waals surface area contributed by atoms with Gasteiger partial charge < -0.3 is 5.73 Å². The minimum absolute atomic E-state index is 0.108. The number of carbonyl (C=O) groups excluding carboxylic acids is 2. The maximum atomic E-state index is 12.3. The number of anilines is 1. The summed E-state index contributed by atoms with van der Waals surface area (Å²) in [6.45, 7) is 1.56. The maximum absolute atomic E-state index is 12.3. The van der Waals surface area contributed by atoms with Gasteiger partial charge in [-0.2, -0.15) is 0 Å². The van der Waals surface area contributed by atoms with E-state index in [4.69, 9.17) is 5.73 Å². The van der Waals surface area contributed by atoms with Gasteiger partial charge in [-0.3, -0.25) is 14.9 Å². The lowest BCUT2D eigenvalue weighted by Gasteiger charge is -2.10. The Labute approximate surface area is 146 Å². The van der Waals surface area contributed by atoms with Crippen LogP contribution in [0.1, 0.15) is 12.5 Å². The van der Waals surface area contributed by atoms with Crippen LogP contribution in [0.5, 0.6) is 0 Å². The molecule has 128 valence electrons. The van der Waals surface area contributed by atoms with E-state index in [2.05, 4.69) is 5.32 Å². The van der Waals surface area contributed by atoms with Gasteiger partial charge in [-0.15, -0.1) is 0 Å². The highest BCUT2D eigenvalue weighted by molar-refractivity contribution is 7.99. The van der Waals surface area contributed by atoms with Crippen molar-refractivity contribution in [3.05, 3.63) is 42.1 Å². The van der Waals surface area contributed by atoms with Crippen molar-refractivity contribution in [3.8, 4) is 0 Å². The average Bonchev–Trinajstić information content (AvgIpc) is 2.80. The fraction of sp³-hybridized carbons (Fsp3) is 0.353. The van der Waals surface area contributed by atoms with E-state index in [1.165, 1.54) is 11.8 Å². The Morgan fingerprint density at radius 3 is 2.62 bits per heavy atom. The molecule has 1 heterocycles. The number of nitrogens with zero attached hydrogens (tertiary/aromatic N) is 2. The number of carbonyl (C=O) groups is 2. The smallest absolute Gasteiger partial charge is 0.319 e. The fourth-order valence-corrected chi connectivity index (χ4v) is 3.21. The predicted octanol–water partition coefficient (Wildman–Crippen LogP) is 1.04. The number of aromatic nitrogens is 2. The Bertz CT molecular complexity index is 728. The van der Waals surface area contributed by atoms with Gasteiger partial charge in [-0.05, 0) is 30.7 Å². The van der Waals surface area contributed by atoms with Crippen molar-refractivity contribution in [2.45, 2.75) is 24.5 Å². The number of benzene rings is 1. The lowest BCUT2D eigenvalue weighted by Crippen LogP contribution is -2.37. The number of imidazole rings is 1. The zero-order chi connectivity index (χ0) is 17.7. The molecule has 6 nitrogen and oxygen atoms in total. The number of hydrogen-bond donors (Lipinski definition) is 2. The third-order valence-corrected chi connectivity index (χ3v) is 4.93. The number of nitrogens with one attached hydrogen (secondary N) is 1. The highest BCUT2D eigenvalue weighted by atomic mass is 32.2. The molecule has 0 saturated carbocycles. The molecule has 3 N–H and O–H groups in total. The lowest BCUT2D eigenvalue weighted by atomic mass is 10.1. The number of Topliss-reactive ketones (excluding diaryl/α,β-unsaturated/α-hetero) is 1. The third-order valence-electron chi connectivity index (χ3n) is 3.56. The molecule has 0 bridgehead atoms. The molecule has 1 atom stereocenters. The quantitative estimate of drug-likeness (QED) is 0.579. The first-order valence-corrected chi connectivity index (χ1v) is 8.65. The van der Waals surface area contributed by atoms with Crippen molar-refractivity contribution >= 4 is 29.3 Å². The van der Waals surface area contributed by atoms with E-state index >= 15 is 0 Å². The van der Waals surface area contributed by atoms with Crippen LogP contribution in [0, 0.1) is 0 Å². The molecule has 0 fully saturated rings. The second-order valence-electron chi connectivity index (χ2n) is 5.74. The first-order valence-electron chi connectivity index (χ1n) is 7.66. The second-order valence-corrected chi connectivity index (χ2v) is 6.69. The molecule has 1 amide bonds. The van der Waals surface area contributed by atoms with Gasteiger partial charge in [0.25, 0.3) is 0 Å². The largest absolute Gasteiger partial charge is 0.320 e. The van der Waals surface area contributed by atoms with Gasteiger partial charge in [0.05, 0.1) is 25.9 Å². The molecule has 24 heavy (non-hydrogen) atoms. The van der Waals surface area contributed by atoms with Crippen molar-refractivity contribution in [1.82, 2.24) is 4.57 Å². The number of aryl methyl sites for hydroxylation is 1. The van der Waals surface area contributed by atoms with Crippen molar-refractivity contribution in [2.24, 2.45) is 19.8 Å². The van der Waals surface area contributed by atoms with E-state index < -0.39 is 6.04 Å². The molecule has 0 aliphatic rings. The Morgan fingerprint density at radius 1 is 1.33 bits per heavy atom. The van der Waals surface area contributed by atoms with Crippen LogP contribution < -0.4 is 15.6 Å². The zero-order valence-electron chi connectivity index (χ0n) is 14.2. The van der Waals surface area contributed by atoms with E-state index in [1.54, 1.807) is 6.92 Å². The van der Waals surface area contributed by atoms with Crippen LogP contribution in [0.25, 0.3) is 0 Å². The van der Waals surface area contributed by atoms with Crippen molar-refractivity contribution in [3.63, 3.8) is 0 Å². The van der Waals surface area contributed by atoms with Crippen LogP contribution in [-0.2, 0) is 30.1 Å². The first kappa shape index (κ1) is 18.2. The number of thioether (sulfide) groups is 1. The monoisotopic (exact) mass is 347 g/mol. The van der Waals surface area contributed by atoms with E-state index in [9.17, 15) is 9.59 Å². The highest BCUT2D eigenvalue weighted by Gasteiger charge is 2.23. The molecule has 0 aliphatic carbocycles. The molecule has 1 aromatic heterocycles. The summed E-state index contributed by atoms with van der Waals surface area (Å²) in [5, 5.41) is 3.75. The summed E-state index contributed by atoms with van der Waals surface area (Å²) >= 11 is 1.43. The zero-order valence-corrected chi connectivity index (χ0v) is 15.0. The number of rotatable bonds is 7. The number of nitrogens with two attached hydrogens (primary N) is 1. The van der Waals surface area contributed by atoms with Crippen LogP contribution in [0.3, 0.4) is 0 Å². The summed E-state index contributed by atoms with van der Waals surface area (Å²) in [5.74, 6) is 0.920. The molecule has 0 spiro atoms. The number of hydrogen-bond acceptors (Lipinski definition) is 4. The van der Waals surface area contributed by atoms with E-state index in [0.29, 0.717) is 18.0 Å². The topological polar surface area (TPSA) is 81.0 Å². The average molecular weight is 347 g/mol.